The van der Waals surface area contributed by atoms with Gasteiger partial charge in [-0.25, -0.2) is 9.59 Å². The van der Waals surface area contributed by atoms with Crippen LogP contribution in [0.2, 0.25) is 0 Å². The molecule has 132 valence electrons. The Morgan fingerprint density at radius 1 is 0.920 bits per heavy atom. The maximum atomic E-state index is 12.2. The quantitative estimate of drug-likeness (QED) is 0.396. The van der Waals surface area contributed by atoms with Crippen LogP contribution in [0.25, 0.3) is 0 Å². The van der Waals surface area contributed by atoms with E-state index in [1.54, 1.807) is 25.3 Å². The Hall–Kier alpha value is -2.38. The topological polar surface area (TPSA) is 71.1 Å². The molecule has 25 heavy (non-hydrogen) atoms. The van der Waals surface area contributed by atoms with Crippen LogP contribution >= 0.6 is 15.9 Å². The van der Waals surface area contributed by atoms with Gasteiger partial charge in [-0.1, -0.05) is 0 Å². The second-order valence-electron chi connectivity index (χ2n) is 4.89. The van der Waals surface area contributed by atoms with Crippen molar-refractivity contribution in [2.45, 2.75) is 0 Å². The van der Waals surface area contributed by atoms with Crippen LogP contribution in [-0.2, 0) is 9.47 Å². The number of esters is 2. The van der Waals surface area contributed by atoms with Gasteiger partial charge >= 0.3 is 11.9 Å². The molecule has 0 fully saturated rings. The molecule has 6 nitrogen and oxygen atoms in total. The summed E-state index contributed by atoms with van der Waals surface area (Å²) in [5, 5.41) is 0. The van der Waals surface area contributed by atoms with E-state index < -0.39 is 11.9 Å². The summed E-state index contributed by atoms with van der Waals surface area (Å²) in [6, 6.07) is 11.0. The molecule has 0 aliphatic rings. The maximum absolute atomic E-state index is 12.2. The Kier molecular flexibility index (Phi) is 6.97. The third kappa shape index (κ3) is 5.30. The smallest absolute Gasteiger partial charge is 0.343 e. The van der Waals surface area contributed by atoms with Gasteiger partial charge in [0.15, 0.2) is 0 Å². The molecule has 0 aromatic heterocycles. The van der Waals surface area contributed by atoms with E-state index in [0.717, 1.165) is 0 Å². The zero-order chi connectivity index (χ0) is 18.2. The molecule has 0 saturated heterocycles. The van der Waals surface area contributed by atoms with Crippen LogP contribution < -0.4 is 9.47 Å². The van der Waals surface area contributed by atoms with Gasteiger partial charge in [-0.15, -0.1) is 0 Å². The average molecular weight is 409 g/mol. The Balaban J connectivity index is 2.03. The second-order valence-corrected chi connectivity index (χ2v) is 5.75. The van der Waals surface area contributed by atoms with Crippen molar-refractivity contribution in [3.05, 3.63) is 58.1 Å². The van der Waals surface area contributed by atoms with Crippen molar-refractivity contribution < 1.29 is 28.5 Å². The number of carbonyl (C=O) groups is 2. The predicted octanol–water partition coefficient (Wildman–Crippen LogP) is 3.48. The lowest BCUT2D eigenvalue weighted by atomic mass is 10.2. The zero-order valence-corrected chi connectivity index (χ0v) is 15.4. The lowest BCUT2D eigenvalue weighted by Crippen LogP contribution is -2.10. The van der Waals surface area contributed by atoms with Crippen molar-refractivity contribution in [3.63, 3.8) is 0 Å². The molecule has 2 rings (SSSR count). The predicted molar refractivity (Wildman–Crippen MR) is 94.3 cm³/mol. The monoisotopic (exact) mass is 408 g/mol. The third-order valence-corrected chi connectivity index (χ3v) is 3.82. The molecular formula is C18H17BrO6. The number of ether oxygens (including phenoxy) is 4. The molecule has 0 heterocycles. The minimum Gasteiger partial charge on any atom is -0.490 e. The highest BCUT2D eigenvalue weighted by Crippen LogP contribution is 2.26. The van der Waals surface area contributed by atoms with Gasteiger partial charge in [0.05, 0.1) is 29.3 Å². The molecule has 0 N–H and O–H groups in total. The first kappa shape index (κ1) is 19.0. The van der Waals surface area contributed by atoms with E-state index in [2.05, 4.69) is 20.7 Å². The fourth-order valence-corrected chi connectivity index (χ4v) is 2.42. The van der Waals surface area contributed by atoms with E-state index in [1.807, 2.05) is 0 Å². The van der Waals surface area contributed by atoms with Crippen molar-refractivity contribution in [3.8, 4) is 11.5 Å². The molecule has 0 amide bonds. The normalized spacial score (nSPS) is 10.2. The number of benzene rings is 2. The number of halogens is 1. The fraction of sp³-hybridized carbons (Fsp3) is 0.222. The minimum atomic E-state index is -0.519. The van der Waals surface area contributed by atoms with E-state index in [1.165, 1.54) is 31.4 Å². The van der Waals surface area contributed by atoms with Gasteiger partial charge in [0.25, 0.3) is 0 Å². The Morgan fingerprint density at radius 2 is 1.60 bits per heavy atom. The Morgan fingerprint density at radius 3 is 2.20 bits per heavy atom. The van der Waals surface area contributed by atoms with Crippen LogP contribution in [0.4, 0.5) is 0 Å². The number of carbonyl (C=O) groups excluding carboxylic acids is 2. The number of hydrogen-bond donors (Lipinski definition) is 0. The van der Waals surface area contributed by atoms with Gasteiger partial charge in [0, 0.05) is 7.11 Å². The standard InChI is InChI=1S/C18H17BrO6/c1-22-9-10-24-16-8-5-13(11-15(16)19)18(21)25-14-6-3-12(4-7-14)17(20)23-2/h3-8,11H,9-10H2,1-2H3. The first-order valence-electron chi connectivity index (χ1n) is 7.37. The average Bonchev–Trinajstić information content (AvgIpc) is 2.63. The molecule has 0 radical (unpaired) electrons. The van der Waals surface area contributed by atoms with Crippen LogP contribution in [0.3, 0.4) is 0 Å². The van der Waals surface area contributed by atoms with Crippen molar-refractivity contribution in [1.29, 1.82) is 0 Å². The van der Waals surface area contributed by atoms with Crippen LogP contribution in [0.5, 0.6) is 11.5 Å². The molecule has 0 aliphatic heterocycles. The Labute approximate surface area is 153 Å². The summed E-state index contributed by atoms with van der Waals surface area (Å²) in [7, 11) is 2.89. The summed E-state index contributed by atoms with van der Waals surface area (Å²) in [6.07, 6.45) is 0. The molecule has 0 spiro atoms. The van der Waals surface area contributed by atoms with Gasteiger partial charge in [0.1, 0.15) is 18.1 Å². The third-order valence-electron chi connectivity index (χ3n) is 3.20. The van der Waals surface area contributed by atoms with E-state index in [-0.39, 0.29) is 0 Å². The van der Waals surface area contributed by atoms with Gasteiger partial charge in [-0.2, -0.15) is 0 Å². The molecule has 2 aromatic rings. The summed E-state index contributed by atoms with van der Waals surface area (Å²) in [5.41, 5.74) is 0.741. The first-order chi connectivity index (χ1) is 12.0. The van der Waals surface area contributed by atoms with Crippen LogP contribution in [-0.4, -0.2) is 39.4 Å². The highest BCUT2D eigenvalue weighted by Gasteiger charge is 2.12. The SMILES string of the molecule is COCCOc1ccc(C(=O)Oc2ccc(C(=O)OC)cc2)cc1Br. The largest absolute Gasteiger partial charge is 0.490 e. The van der Waals surface area contributed by atoms with Crippen LogP contribution in [0, 0.1) is 0 Å². The molecule has 7 heteroatoms. The van der Waals surface area contributed by atoms with Crippen molar-refractivity contribution in [2.75, 3.05) is 27.4 Å². The van der Waals surface area contributed by atoms with E-state index in [4.69, 9.17) is 14.2 Å². The second kappa shape index (κ2) is 9.19. The van der Waals surface area contributed by atoms with E-state index in [9.17, 15) is 9.59 Å². The first-order valence-corrected chi connectivity index (χ1v) is 8.16. The molecule has 2 aromatic carbocycles. The highest BCUT2D eigenvalue weighted by atomic mass is 79.9. The van der Waals surface area contributed by atoms with Crippen molar-refractivity contribution >= 4 is 27.9 Å². The molecular weight excluding hydrogens is 392 g/mol. The number of hydrogen-bond acceptors (Lipinski definition) is 6. The van der Waals surface area contributed by atoms with Crippen molar-refractivity contribution in [2.24, 2.45) is 0 Å². The maximum Gasteiger partial charge on any atom is 0.343 e. The minimum absolute atomic E-state index is 0.328. The fourth-order valence-electron chi connectivity index (χ4n) is 1.92. The summed E-state index contributed by atoms with van der Waals surface area (Å²) in [4.78, 5) is 23.6. The summed E-state index contributed by atoms with van der Waals surface area (Å²) < 4.78 is 21.0. The van der Waals surface area contributed by atoms with Gasteiger partial charge in [-0.3, -0.25) is 0 Å². The van der Waals surface area contributed by atoms with Gasteiger partial charge in [-0.05, 0) is 58.4 Å². The lowest BCUT2D eigenvalue weighted by Gasteiger charge is -2.09. The zero-order valence-electron chi connectivity index (χ0n) is 13.8. The van der Waals surface area contributed by atoms with Crippen LogP contribution in [0.15, 0.2) is 46.9 Å². The molecule has 0 unspecified atom stereocenters. The summed E-state index contributed by atoms with van der Waals surface area (Å²) in [5.74, 6) is -0.0361. The summed E-state index contributed by atoms with van der Waals surface area (Å²) in [6.45, 7) is 0.878. The van der Waals surface area contributed by atoms with Crippen molar-refractivity contribution in [1.82, 2.24) is 0 Å². The van der Waals surface area contributed by atoms with Crippen LogP contribution in [0.1, 0.15) is 20.7 Å². The van der Waals surface area contributed by atoms with Gasteiger partial charge < -0.3 is 18.9 Å². The van der Waals surface area contributed by atoms with Gasteiger partial charge in [0.2, 0.25) is 0 Å². The lowest BCUT2D eigenvalue weighted by molar-refractivity contribution is 0.0600. The number of methoxy groups -OCH3 is 2. The van der Waals surface area contributed by atoms with E-state index in [0.29, 0.717) is 40.3 Å². The summed E-state index contributed by atoms with van der Waals surface area (Å²) >= 11 is 3.36. The molecule has 0 bridgehead atoms. The Bertz CT molecular complexity index is 742. The molecule has 0 atom stereocenters. The van der Waals surface area contributed by atoms with E-state index >= 15 is 0 Å². The molecule has 0 aliphatic carbocycles. The number of rotatable bonds is 7. The molecule has 0 saturated carbocycles. The highest BCUT2D eigenvalue weighted by molar-refractivity contribution is 9.10.